The monoisotopic (exact) mass is 340 g/mol. The molecular formula is C18H16N2O3S. The fourth-order valence-corrected chi connectivity index (χ4v) is 3.54. The van der Waals surface area contributed by atoms with Crippen LogP contribution in [0.25, 0.3) is 10.2 Å². The lowest BCUT2D eigenvalue weighted by atomic mass is 10.1. The normalized spacial score (nSPS) is 16.2. The third-order valence-corrected chi connectivity index (χ3v) is 5.05. The highest BCUT2D eigenvalue weighted by Gasteiger charge is 2.28. The lowest BCUT2D eigenvalue weighted by Crippen LogP contribution is -2.40. The smallest absolute Gasteiger partial charge is 0.270 e. The van der Waals surface area contributed by atoms with Gasteiger partial charge in [-0.2, -0.15) is 0 Å². The van der Waals surface area contributed by atoms with Crippen molar-refractivity contribution >= 4 is 32.6 Å². The SMILES string of the molecule is Cc1ccc2sc(NC(=O)[C@H]3COc4ccccc4O3)nc2c1C. The maximum Gasteiger partial charge on any atom is 0.270 e. The molecule has 1 aliphatic heterocycles. The van der Waals surface area contributed by atoms with Gasteiger partial charge in [-0.15, -0.1) is 0 Å². The molecule has 0 unspecified atom stereocenters. The first kappa shape index (κ1) is 15.0. The highest BCUT2D eigenvalue weighted by atomic mass is 32.1. The zero-order valence-corrected chi connectivity index (χ0v) is 14.1. The second-order valence-electron chi connectivity index (χ2n) is 5.73. The predicted octanol–water partition coefficient (Wildman–Crippen LogP) is 3.69. The standard InChI is InChI=1S/C18H16N2O3S/c1-10-7-8-15-16(11(10)2)19-18(24-15)20-17(21)14-9-22-12-5-3-4-6-13(12)23-14/h3-8,14H,9H2,1-2H3,(H,19,20,21)/t14-/m1/s1. The Morgan fingerprint density at radius 3 is 2.83 bits per heavy atom. The third kappa shape index (κ3) is 2.59. The Kier molecular flexibility index (Phi) is 3.61. The van der Waals surface area contributed by atoms with Gasteiger partial charge in [0.05, 0.1) is 10.2 Å². The highest BCUT2D eigenvalue weighted by molar-refractivity contribution is 7.22. The zero-order chi connectivity index (χ0) is 16.7. The fourth-order valence-electron chi connectivity index (χ4n) is 2.61. The molecule has 3 aromatic rings. The van der Waals surface area contributed by atoms with E-state index >= 15 is 0 Å². The van der Waals surface area contributed by atoms with Gasteiger partial charge in [-0.3, -0.25) is 10.1 Å². The van der Waals surface area contributed by atoms with Crippen LogP contribution in [0.2, 0.25) is 0 Å². The molecule has 1 aliphatic rings. The number of aromatic nitrogens is 1. The van der Waals surface area contributed by atoms with Crippen molar-refractivity contribution in [3.05, 3.63) is 47.5 Å². The average molecular weight is 340 g/mol. The van der Waals surface area contributed by atoms with E-state index in [2.05, 4.69) is 23.3 Å². The van der Waals surface area contributed by atoms with Crippen LogP contribution in [0.15, 0.2) is 36.4 Å². The second kappa shape index (κ2) is 5.79. The first-order valence-electron chi connectivity index (χ1n) is 7.68. The molecule has 0 fully saturated rings. The van der Waals surface area contributed by atoms with E-state index < -0.39 is 6.10 Å². The molecular weight excluding hydrogens is 324 g/mol. The number of para-hydroxylation sites is 2. The Hall–Kier alpha value is -2.60. The minimum absolute atomic E-state index is 0.186. The van der Waals surface area contributed by atoms with Gasteiger partial charge in [-0.25, -0.2) is 4.98 Å². The topological polar surface area (TPSA) is 60.5 Å². The fraction of sp³-hybridized carbons (Fsp3) is 0.222. The first-order chi connectivity index (χ1) is 11.6. The van der Waals surface area contributed by atoms with Crippen LogP contribution < -0.4 is 14.8 Å². The van der Waals surface area contributed by atoms with E-state index in [0.717, 1.165) is 15.8 Å². The molecule has 0 spiro atoms. The Morgan fingerprint density at radius 2 is 2.00 bits per heavy atom. The Morgan fingerprint density at radius 1 is 1.21 bits per heavy atom. The van der Waals surface area contributed by atoms with E-state index in [1.54, 1.807) is 6.07 Å². The number of benzene rings is 2. The van der Waals surface area contributed by atoms with Crippen LogP contribution in [0.3, 0.4) is 0 Å². The number of hydrogen-bond donors (Lipinski definition) is 1. The van der Waals surface area contributed by atoms with Gasteiger partial charge in [0.2, 0.25) is 6.10 Å². The molecule has 0 bridgehead atoms. The van der Waals surface area contributed by atoms with Crippen LogP contribution >= 0.6 is 11.3 Å². The summed E-state index contributed by atoms with van der Waals surface area (Å²) in [6.07, 6.45) is -0.685. The number of carbonyl (C=O) groups excluding carboxylic acids is 1. The van der Waals surface area contributed by atoms with E-state index in [0.29, 0.717) is 16.6 Å². The number of hydrogen-bond acceptors (Lipinski definition) is 5. The minimum Gasteiger partial charge on any atom is -0.485 e. The number of nitrogens with zero attached hydrogens (tertiary/aromatic N) is 1. The quantitative estimate of drug-likeness (QED) is 0.773. The molecule has 1 N–H and O–H groups in total. The molecule has 24 heavy (non-hydrogen) atoms. The summed E-state index contributed by atoms with van der Waals surface area (Å²) in [4.78, 5) is 17.0. The number of carbonyl (C=O) groups is 1. The summed E-state index contributed by atoms with van der Waals surface area (Å²) in [6.45, 7) is 4.28. The van der Waals surface area contributed by atoms with Crippen LogP contribution in [-0.4, -0.2) is 23.6 Å². The van der Waals surface area contributed by atoms with Gasteiger partial charge in [-0.1, -0.05) is 29.5 Å². The number of thiazole rings is 1. The second-order valence-corrected chi connectivity index (χ2v) is 6.76. The Balaban J connectivity index is 1.54. The maximum absolute atomic E-state index is 12.5. The Labute approximate surface area is 143 Å². The number of anilines is 1. The molecule has 122 valence electrons. The van der Waals surface area contributed by atoms with Gasteiger partial charge < -0.3 is 9.47 Å². The van der Waals surface area contributed by atoms with Crippen molar-refractivity contribution in [2.45, 2.75) is 20.0 Å². The van der Waals surface area contributed by atoms with Gasteiger partial charge in [0.25, 0.3) is 5.91 Å². The van der Waals surface area contributed by atoms with Crippen LogP contribution in [0.4, 0.5) is 5.13 Å². The summed E-state index contributed by atoms with van der Waals surface area (Å²) in [7, 11) is 0. The van der Waals surface area contributed by atoms with Crippen molar-refractivity contribution in [3.63, 3.8) is 0 Å². The van der Waals surface area contributed by atoms with Crippen molar-refractivity contribution < 1.29 is 14.3 Å². The maximum atomic E-state index is 12.5. The summed E-state index contributed by atoms with van der Waals surface area (Å²) in [5.41, 5.74) is 3.25. The van der Waals surface area contributed by atoms with Crippen LogP contribution in [0.1, 0.15) is 11.1 Å². The molecule has 1 amide bonds. The molecule has 0 aliphatic carbocycles. The van der Waals surface area contributed by atoms with Crippen molar-refractivity contribution in [2.75, 3.05) is 11.9 Å². The van der Waals surface area contributed by atoms with Crippen LogP contribution in [-0.2, 0) is 4.79 Å². The molecule has 5 nitrogen and oxygen atoms in total. The van der Waals surface area contributed by atoms with E-state index in [-0.39, 0.29) is 12.5 Å². The minimum atomic E-state index is -0.685. The van der Waals surface area contributed by atoms with Gasteiger partial charge in [0, 0.05) is 0 Å². The summed E-state index contributed by atoms with van der Waals surface area (Å²) < 4.78 is 12.4. The summed E-state index contributed by atoms with van der Waals surface area (Å²) in [6, 6.07) is 11.4. The number of nitrogens with one attached hydrogen (secondary N) is 1. The lowest BCUT2D eigenvalue weighted by molar-refractivity contribution is -0.125. The van der Waals surface area contributed by atoms with Crippen LogP contribution in [0, 0.1) is 13.8 Å². The number of rotatable bonds is 2. The van der Waals surface area contributed by atoms with Gasteiger partial charge in [0.15, 0.2) is 16.6 Å². The largest absolute Gasteiger partial charge is 0.485 e. The van der Waals surface area contributed by atoms with Crippen molar-refractivity contribution in [3.8, 4) is 11.5 Å². The number of fused-ring (bicyclic) bond motifs is 2. The van der Waals surface area contributed by atoms with Gasteiger partial charge in [-0.05, 0) is 43.2 Å². The van der Waals surface area contributed by atoms with Gasteiger partial charge in [0.1, 0.15) is 6.61 Å². The highest BCUT2D eigenvalue weighted by Crippen LogP contribution is 2.32. The molecule has 4 rings (SSSR count). The van der Waals surface area contributed by atoms with E-state index in [1.807, 2.05) is 31.2 Å². The summed E-state index contributed by atoms with van der Waals surface area (Å²) >= 11 is 1.46. The molecule has 0 radical (unpaired) electrons. The average Bonchev–Trinajstić information content (AvgIpc) is 3.01. The van der Waals surface area contributed by atoms with Crippen molar-refractivity contribution in [1.29, 1.82) is 0 Å². The number of aryl methyl sites for hydroxylation is 2. The van der Waals surface area contributed by atoms with E-state index in [4.69, 9.17) is 9.47 Å². The molecule has 0 saturated carbocycles. The Bertz CT molecular complexity index is 935. The molecule has 1 aromatic heterocycles. The molecule has 2 heterocycles. The molecule has 2 aromatic carbocycles. The number of ether oxygens (including phenoxy) is 2. The lowest BCUT2D eigenvalue weighted by Gasteiger charge is -2.25. The van der Waals surface area contributed by atoms with Crippen LogP contribution in [0.5, 0.6) is 11.5 Å². The molecule has 0 saturated heterocycles. The number of amides is 1. The molecule has 6 heteroatoms. The van der Waals surface area contributed by atoms with E-state index in [1.165, 1.54) is 16.9 Å². The predicted molar refractivity (Wildman–Crippen MR) is 94.1 cm³/mol. The first-order valence-corrected chi connectivity index (χ1v) is 8.49. The van der Waals surface area contributed by atoms with Crippen molar-refractivity contribution in [2.24, 2.45) is 0 Å². The molecule has 1 atom stereocenters. The zero-order valence-electron chi connectivity index (χ0n) is 13.3. The van der Waals surface area contributed by atoms with Crippen molar-refractivity contribution in [1.82, 2.24) is 4.98 Å². The van der Waals surface area contributed by atoms with Gasteiger partial charge >= 0.3 is 0 Å². The summed E-state index contributed by atoms with van der Waals surface area (Å²) in [5, 5.41) is 3.42. The summed E-state index contributed by atoms with van der Waals surface area (Å²) in [5.74, 6) is 0.991. The third-order valence-electron chi connectivity index (χ3n) is 4.12. The van der Waals surface area contributed by atoms with E-state index in [9.17, 15) is 4.79 Å².